The second-order valence-electron chi connectivity index (χ2n) is 3.95. The van der Waals surface area contributed by atoms with Crippen LogP contribution >= 0.6 is 15.9 Å². The lowest BCUT2D eigenvalue weighted by Gasteiger charge is -2.33. The molecule has 1 fully saturated rings. The van der Waals surface area contributed by atoms with Crippen molar-refractivity contribution in [2.45, 2.75) is 6.04 Å². The molecule has 1 aromatic rings. The summed E-state index contributed by atoms with van der Waals surface area (Å²) in [5.74, 6) is 0.702. The van der Waals surface area contributed by atoms with E-state index in [0.29, 0.717) is 25.5 Å². The summed E-state index contributed by atoms with van der Waals surface area (Å²) in [5.41, 5.74) is 0. The predicted molar refractivity (Wildman–Crippen MR) is 69.0 cm³/mol. The lowest BCUT2D eigenvalue weighted by atomic mass is 10.2. The Morgan fingerprint density at radius 2 is 2.33 bits per heavy atom. The molecule has 1 aromatic carbocycles. The fraction of sp³-hybridized carbons (Fsp3) is 0.417. The smallest absolute Gasteiger partial charge is 0.407 e. The van der Waals surface area contributed by atoms with Gasteiger partial charge in [0, 0.05) is 6.54 Å². The Labute approximate surface area is 113 Å². The summed E-state index contributed by atoms with van der Waals surface area (Å²) in [5, 5.41) is 9.07. The van der Waals surface area contributed by atoms with Gasteiger partial charge in [-0.15, -0.1) is 0 Å². The molecule has 0 unspecified atom stereocenters. The normalized spacial score (nSPS) is 19.6. The monoisotopic (exact) mass is 315 g/mol. The second kappa shape index (κ2) is 6.06. The summed E-state index contributed by atoms with van der Waals surface area (Å²) in [6.07, 6.45) is -0.931. The highest BCUT2D eigenvalue weighted by atomic mass is 79.9. The number of carboxylic acid groups (broad SMARTS) is 1. The van der Waals surface area contributed by atoms with Crippen LogP contribution in [0, 0.1) is 0 Å². The summed E-state index contributed by atoms with van der Waals surface area (Å²) >= 11 is 3.38. The van der Waals surface area contributed by atoms with Crippen molar-refractivity contribution < 1.29 is 19.4 Å². The van der Waals surface area contributed by atoms with Crippen molar-refractivity contribution in [1.82, 2.24) is 4.90 Å². The Morgan fingerprint density at radius 3 is 3.06 bits per heavy atom. The number of nitrogens with zero attached hydrogens (tertiary/aromatic N) is 1. The number of para-hydroxylation sites is 1. The zero-order valence-corrected chi connectivity index (χ0v) is 11.3. The Kier molecular flexibility index (Phi) is 4.43. The van der Waals surface area contributed by atoms with E-state index in [2.05, 4.69) is 15.9 Å². The molecule has 0 aliphatic carbocycles. The number of amides is 1. The van der Waals surface area contributed by atoms with Crippen molar-refractivity contribution in [2.24, 2.45) is 0 Å². The van der Waals surface area contributed by atoms with Gasteiger partial charge in [0.25, 0.3) is 0 Å². The van der Waals surface area contributed by atoms with Crippen LogP contribution in [0.1, 0.15) is 0 Å². The average Bonchev–Trinajstić information content (AvgIpc) is 2.38. The van der Waals surface area contributed by atoms with Crippen molar-refractivity contribution in [1.29, 1.82) is 0 Å². The van der Waals surface area contributed by atoms with Gasteiger partial charge in [0.1, 0.15) is 12.4 Å². The van der Waals surface area contributed by atoms with Gasteiger partial charge in [0.15, 0.2) is 0 Å². The van der Waals surface area contributed by atoms with E-state index in [4.69, 9.17) is 14.6 Å². The van der Waals surface area contributed by atoms with Gasteiger partial charge in [-0.2, -0.15) is 0 Å². The van der Waals surface area contributed by atoms with Crippen molar-refractivity contribution in [3.63, 3.8) is 0 Å². The molecule has 1 amide bonds. The maximum Gasteiger partial charge on any atom is 0.407 e. The van der Waals surface area contributed by atoms with Crippen LogP contribution in [0.2, 0.25) is 0 Å². The molecule has 2 rings (SSSR count). The van der Waals surface area contributed by atoms with Gasteiger partial charge in [0.05, 0.1) is 23.7 Å². The molecule has 5 nitrogen and oxygen atoms in total. The molecule has 1 saturated heterocycles. The molecule has 0 spiro atoms. The van der Waals surface area contributed by atoms with Gasteiger partial charge in [0.2, 0.25) is 0 Å². The fourth-order valence-electron chi connectivity index (χ4n) is 1.79. The predicted octanol–water partition coefficient (Wildman–Crippen LogP) is 2.21. The summed E-state index contributed by atoms with van der Waals surface area (Å²) in [4.78, 5) is 12.4. The van der Waals surface area contributed by atoms with Crippen LogP contribution in [0.15, 0.2) is 28.7 Å². The quantitative estimate of drug-likeness (QED) is 0.929. The summed E-state index contributed by atoms with van der Waals surface area (Å²) in [6, 6.07) is 7.21. The lowest BCUT2D eigenvalue weighted by Crippen LogP contribution is -2.50. The average molecular weight is 316 g/mol. The van der Waals surface area contributed by atoms with Crippen molar-refractivity contribution >= 4 is 22.0 Å². The molecule has 0 radical (unpaired) electrons. The van der Waals surface area contributed by atoms with E-state index in [1.165, 1.54) is 4.90 Å². The highest BCUT2D eigenvalue weighted by Gasteiger charge is 2.27. The number of hydrogen-bond acceptors (Lipinski definition) is 3. The maximum absolute atomic E-state index is 11.0. The minimum absolute atomic E-state index is 0.261. The van der Waals surface area contributed by atoms with Crippen molar-refractivity contribution in [3.05, 3.63) is 28.7 Å². The number of rotatable bonds is 3. The molecular formula is C12H14BrNO4. The van der Waals surface area contributed by atoms with Gasteiger partial charge in [-0.05, 0) is 28.1 Å². The number of carbonyl (C=O) groups is 1. The van der Waals surface area contributed by atoms with E-state index < -0.39 is 6.09 Å². The third kappa shape index (κ3) is 3.14. The molecule has 1 atom stereocenters. The summed E-state index contributed by atoms with van der Waals surface area (Å²) in [7, 11) is 0. The molecule has 0 bridgehead atoms. The summed E-state index contributed by atoms with van der Waals surface area (Å²) < 4.78 is 11.8. The first-order valence-corrected chi connectivity index (χ1v) is 6.42. The number of morpholine rings is 1. The molecule has 18 heavy (non-hydrogen) atoms. The minimum atomic E-state index is -0.931. The molecular weight excluding hydrogens is 302 g/mol. The van der Waals surface area contributed by atoms with Gasteiger partial charge in [-0.25, -0.2) is 4.79 Å². The molecule has 1 heterocycles. The molecule has 1 aliphatic rings. The van der Waals surface area contributed by atoms with Gasteiger partial charge in [-0.3, -0.25) is 4.90 Å². The highest BCUT2D eigenvalue weighted by Crippen LogP contribution is 2.24. The van der Waals surface area contributed by atoms with Crippen molar-refractivity contribution in [3.8, 4) is 5.75 Å². The van der Waals surface area contributed by atoms with E-state index >= 15 is 0 Å². The Morgan fingerprint density at radius 1 is 1.56 bits per heavy atom. The molecule has 0 saturated carbocycles. The van der Waals surface area contributed by atoms with E-state index in [1.54, 1.807) is 0 Å². The van der Waals surface area contributed by atoms with Crippen LogP contribution in [0.3, 0.4) is 0 Å². The van der Waals surface area contributed by atoms with Crippen LogP contribution in [0.25, 0.3) is 0 Å². The molecule has 6 heteroatoms. The first-order chi connectivity index (χ1) is 8.68. The second-order valence-corrected chi connectivity index (χ2v) is 4.80. The number of halogens is 1. The van der Waals surface area contributed by atoms with Crippen LogP contribution in [-0.4, -0.2) is 48.5 Å². The molecule has 0 aromatic heterocycles. The van der Waals surface area contributed by atoms with Crippen molar-refractivity contribution in [2.75, 3.05) is 26.4 Å². The molecule has 1 aliphatic heterocycles. The number of benzene rings is 1. The first-order valence-electron chi connectivity index (χ1n) is 5.63. The van der Waals surface area contributed by atoms with Gasteiger partial charge < -0.3 is 14.6 Å². The Hall–Kier alpha value is -1.27. The molecule has 98 valence electrons. The Balaban J connectivity index is 1.96. The minimum Gasteiger partial charge on any atom is -0.490 e. The SMILES string of the molecule is O=C(O)N1CCOC[C@H]1COc1ccccc1Br. The number of ether oxygens (including phenoxy) is 2. The molecule has 1 N–H and O–H groups in total. The third-order valence-electron chi connectivity index (χ3n) is 2.74. The van der Waals surface area contributed by atoms with Gasteiger partial charge in [-0.1, -0.05) is 12.1 Å². The van der Waals surface area contributed by atoms with Crippen LogP contribution in [0.5, 0.6) is 5.75 Å². The first kappa shape index (κ1) is 13.2. The fourth-order valence-corrected chi connectivity index (χ4v) is 2.19. The van der Waals surface area contributed by atoms with Crippen LogP contribution in [0.4, 0.5) is 4.79 Å². The number of hydrogen-bond donors (Lipinski definition) is 1. The van der Waals surface area contributed by atoms with E-state index in [-0.39, 0.29) is 12.6 Å². The third-order valence-corrected chi connectivity index (χ3v) is 3.40. The van der Waals surface area contributed by atoms with Crippen LogP contribution in [-0.2, 0) is 4.74 Å². The van der Waals surface area contributed by atoms with E-state index in [0.717, 1.165) is 4.47 Å². The van der Waals surface area contributed by atoms with Crippen LogP contribution < -0.4 is 4.74 Å². The highest BCUT2D eigenvalue weighted by molar-refractivity contribution is 9.10. The zero-order valence-electron chi connectivity index (χ0n) is 9.71. The Bertz CT molecular complexity index is 426. The largest absolute Gasteiger partial charge is 0.490 e. The standard InChI is InChI=1S/C12H14BrNO4/c13-10-3-1-2-4-11(10)18-8-9-7-17-6-5-14(9)12(15)16/h1-4,9H,5-8H2,(H,15,16)/t9-/m0/s1. The maximum atomic E-state index is 11.0. The summed E-state index contributed by atoms with van der Waals surface area (Å²) in [6.45, 7) is 1.49. The van der Waals surface area contributed by atoms with Gasteiger partial charge >= 0.3 is 6.09 Å². The van der Waals surface area contributed by atoms with E-state index in [1.807, 2.05) is 24.3 Å². The zero-order chi connectivity index (χ0) is 13.0. The van der Waals surface area contributed by atoms with E-state index in [9.17, 15) is 4.79 Å². The topological polar surface area (TPSA) is 59.0 Å². The lowest BCUT2D eigenvalue weighted by molar-refractivity contribution is -0.0149.